The van der Waals surface area contributed by atoms with E-state index in [-0.39, 0.29) is 11.3 Å². The number of nitrogens with one attached hydrogen (secondary N) is 1. The maximum atomic E-state index is 12.4. The Hall–Kier alpha value is -3.11. The molecule has 0 aliphatic rings. The van der Waals surface area contributed by atoms with Crippen LogP contribution in [0.2, 0.25) is 5.02 Å². The lowest BCUT2D eigenvalue weighted by molar-refractivity contribution is 0.0698. The first-order valence-corrected chi connectivity index (χ1v) is 7.92. The number of rotatable bonds is 4. The summed E-state index contributed by atoms with van der Waals surface area (Å²) >= 11 is 5.82. The maximum Gasteiger partial charge on any atom is 0.337 e. The Labute approximate surface area is 149 Å². The summed E-state index contributed by atoms with van der Waals surface area (Å²) in [6.45, 7) is 0. The zero-order valence-corrected chi connectivity index (χ0v) is 13.8. The van der Waals surface area contributed by atoms with Crippen molar-refractivity contribution in [3.63, 3.8) is 0 Å². The molecule has 25 heavy (non-hydrogen) atoms. The number of halogens is 1. The Balaban J connectivity index is 1.96. The zero-order valence-electron chi connectivity index (χ0n) is 13.1. The van der Waals surface area contributed by atoms with E-state index in [0.29, 0.717) is 10.6 Å². The molecule has 124 valence electrons. The number of carboxylic acid groups (broad SMARTS) is 1. The lowest BCUT2D eigenvalue weighted by Gasteiger charge is -2.11. The lowest BCUT2D eigenvalue weighted by Crippen LogP contribution is -2.14. The number of carbonyl (C=O) groups excluding carboxylic acids is 1. The molecule has 3 rings (SSSR count). The molecule has 4 nitrogen and oxygen atoms in total. The van der Waals surface area contributed by atoms with Gasteiger partial charge in [-0.2, -0.15) is 0 Å². The van der Waals surface area contributed by atoms with Gasteiger partial charge in [0.05, 0.1) is 11.3 Å². The summed E-state index contributed by atoms with van der Waals surface area (Å²) in [4.78, 5) is 23.9. The fourth-order valence-corrected chi connectivity index (χ4v) is 2.57. The van der Waals surface area contributed by atoms with Crippen molar-refractivity contribution in [2.45, 2.75) is 0 Å². The molecular formula is C20H14ClNO3. The number of carboxylic acids is 1. The van der Waals surface area contributed by atoms with Crippen LogP contribution in [0.5, 0.6) is 0 Å². The highest BCUT2D eigenvalue weighted by Gasteiger charge is 2.15. The first-order chi connectivity index (χ1) is 12.0. The Morgan fingerprint density at radius 1 is 0.840 bits per heavy atom. The van der Waals surface area contributed by atoms with Crippen molar-refractivity contribution >= 4 is 29.2 Å². The van der Waals surface area contributed by atoms with E-state index < -0.39 is 11.9 Å². The van der Waals surface area contributed by atoms with Crippen LogP contribution in [-0.4, -0.2) is 17.0 Å². The minimum absolute atomic E-state index is 0.0296. The van der Waals surface area contributed by atoms with Crippen molar-refractivity contribution in [2.75, 3.05) is 5.32 Å². The molecule has 0 saturated carbocycles. The van der Waals surface area contributed by atoms with E-state index in [0.717, 1.165) is 11.1 Å². The van der Waals surface area contributed by atoms with Gasteiger partial charge in [-0.25, -0.2) is 4.79 Å². The van der Waals surface area contributed by atoms with E-state index in [2.05, 4.69) is 5.32 Å². The molecule has 3 aromatic carbocycles. The largest absolute Gasteiger partial charge is 0.478 e. The normalized spacial score (nSPS) is 10.3. The number of hydrogen-bond donors (Lipinski definition) is 2. The smallest absolute Gasteiger partial charge is 0.337 e. The predicted octanol–water partition coefficient (Wildman–Crippen LogP) is 4.96. The lowest BCUT2D eigenvalue weighted by atomic mass is 10.0. The third-order valence-electron chi connectivity index (χ3n) is 3.71. The van der Waals surface area contributed by atoms with Crippen LogP contribution in [0, 0.1) is 0 Å². The molecule has 0 aromatic heterocycles. The van der Waals surface area contributed by atoms with Crippen LogP contribution in [0.15, 0.2) is 72.8 Å². The minimum atomic E-state index is -1.11. The van der Waals surface area contributed by atoms with Crippen LogP contribution in [0.3, 0.4) is 0 Å². The summed E-state index contributed by atoms with van der Waals surface area (Å²) in [5.74, 6) is -1.50. The van der Waals surface area contributed by atoms with Crippen LogP contribution in [-0.2, 0) is 0 Å². The molecule has 0 radical (unpaired) electrons. The molecule has 0 heterocycles. The molecule has 0 unspecified atom stereocenters. The number of benzene rings is 3. The van der Waals surface area contributed by atoms with Crippen LogP contribution in [0.4, 0.5) is 5.69 Å². The van der Waals surface area contributed by atoms with Gasteiger partial charge in [0.25, 0.3) is 5.91 Å². The molecule has 0 atom stereocenters. The van der Waals surface area contributed by atoms with Gasteiger partial charge in [0, 0.05) is 10.6 Å². The Morgan fingerprint density at radius 3 is 2.16 bits per heavy atom. The van der Waals surface area contributed by atoms with Crippen molar-refractivity contribution in [3.05, 3.63) is 88.9 Å². The SMILES string of the molecule is O=C(Nc1cc(-c2ccccc2)ccc1C(=O)O)c1ccc(Cl)cc1. The van der Waals surface area contributed by atoms with Gasteiger partial charge in [0.15, 0.2) is 0 Å². The number of anilines is 1. The van der Waals surface area contributed by atoms with E-state index in [4.69, 9.17) is 11.6 Å². The Kier molecular flexibility index (Phi) is 4.82. The second kappa shape index (κ2) is 7.20. The van der Waals surface area contributed by atoms with Gasteiger partial charge in [-0.3, -0.25) is 4.79 Å². The molecule has 3 aromatic rings. The van der Waals surface area contributed by atoms with Gasteiger partial charge in [0.2, 0.25) is 0 Å². The minimum Gasteiger partial charge on any atom is -0.478 e. The quantitative estimate of drug-likeness (QED) is 0.698. The van der Waals surface area contributed by atoms with Gasteiger partial charge < -0.3 is 10.4 Å². The molecule has 1 amide bonds. The van der Waals surface area contributed by atoms with Crippen LogP contribution >= 0.6 is 11.6 Å². The molecular weight excluding hydrogens is 338 g/mol. The number of aromatic carboxylic acids is 1. The molecule has 0 fully saturated rings. The van der Waals surface area contributed by atoms with Crippen molar-refractivity contribution in [1.82, 2.24) is 0 Å². The number of hydrogen-bond acceptors (Lipinski definition) is 2. The number of carbonyl (C=O) groups is 2. The molecule has 0 bridgehead atoms. The average molecular weight is 352 g/mol. The van der Waals surface area contributed by atoms with E-state index in [1.54, 1.807) is 36.4 Å². The van der Waals surface area contributed by atoms with Crippen molar-refractivity contribution in [1.29, 1.82) is 0 Å². The Bertz CT molecular complexity index is 921. The van der Waals surface area contributed by atoms with Crippen molar-refractivity contribution in [2.24, 2.45) is 0 Å². The second-order valence-corrected chi connectivity index (χ2v) is 5.83. The standard InChI is InChI=1S/C20H14ClNO3/c21-16-9-6-14(7-10-16)19(23)22-18-12-15(8-11-17(18)20(24)25)13-4-2-1-3-5-13/h1-12H,(H,22,23)(H,24,25). The first kappa shape index (κ1) is 16.7. The predicted molar refractivity (Wildman–Crippen MR) is 98.2 cm³/mol. The second-order valence-electron chi connectivity index (χ2n) is 5.39. The fourth-order valence-electron chi connectivity index (χ4n) is 2.44. The molecule has 0 spiro atoms. The summed E-state index contributed by atoms with van der Waals surface area (Å²) in [7, 11) is 0. The van der Waals surface area contributed by atoms with Crippen molar-refractivity contribution < 1.29 is 14.7 Å². The van der Waals surface area contributed by atoms with E-state index in [1.165, 1.54) is 6.07 Å². The molecule has 2 N–H and O–H groups in total. The molecule has 5 heteroatoms. The summed E-state index contributed by atoms with van der Waals surface area (Å²) in [5.41, 5.74) is 2.42. The van der Waals surface area contributed by atoms with Crippen LogP contribution in [0.1, 0.15) is 20.7 Å². The van der Waals surface area contributed by atoms with Crippen LogP contribution in [0.25, 0.3) is 11.1 Å². The number of amides is 1. The first-order valence-electron chi connectivity index (χ1n) is 7.54. The van der Waals surface area contributed by atoms with E-state index in [9.17, 15) is 14.7 Å². The summed E-state index contributed by atoms with van der Waals surface area (Å²) in [6.07, 6.45) is 0. The Morgan fingerprint density at radius 2 is 1.52 bits per heavy atom. The molecule has 0 aliphatic carbocycles. The van der Waals surface area contributed by atoms with E-state index >= 15 is 0 Å². The maximum absolute atomic E-state index is 12.4. The average Bonchev–Trinajstić information content (AvgIpc) is 2.62. The van der Waals surface area contributed by atoms with Crippen LogP contribution < -0.4 is 5.32 Å². The summed E-state index contributed by atoms with van der Waals surface area (Å²) in [6, 6.07) is 20.8. The van der Waals surface area contributed by atoms with Gasteiger partial charge in [-0.15, -0.1) is 0 Å². The highest BCUT2D eigenvalue weighted by molar-refractivity contribution is 6.30. The van der Waals surface area contributed by atoms with Gasteiger partial charge in [0.1, 0.15) is 0 Å². The van der Waals surface area contributed by atoms with E-state index in [1.807, 2.05) is 30.3 Å². The molecule has 0 aliphatic heterocycles. The summed E-state index contributed by atoms with van der Waals surface area (Å²) in [5, 5.41) is 12.6. The molecule has 0 saturated heterocycles. The monoisotopic (exact) mass is 351 g/mol. The topological polar surface area (TPSA) is 66.4 Å². The van der Waals surface area contributed by atoms with Crippen molar-refractivity contribution in [3.8, 4) is 11.1 Å². The van der Waals surface area contributed by atoms with Gasteiger partial charge in [-0.05, 0) is 47.5 Å². The van der Waals surface area contributed by atoms with Gasteiger partial charge in [-0.1, -0.05) is 48.0 Å². The van der Waals surface area contributed by atoms with Gasteiger partial charge >= 0.3 is 5.97 Å². The summed E-state index contributed by atoms with van der Waals surface area (Å²) < 4.78 is 0. The highest BCUT2D eigenvalue weighted by atomic mass is 35.5. The third-order valence-corrected chi connectivity index (χ3v) is 3.96. The zero-order chi connectivity index (χ0) is 17.8. The highest BCUT2D eigenvalue weighted by Crippen LogP contribution is 2.26. The fraction of sp³-hybridized carbons (Fsp3) is 0. The third kappa shape index (κ3) is 3.87.